The molecule has 2 N–H and O–H groups in total. The summed E-state index contributed by atoms with van der Waals surface area (Å²) in [5, 5.41) is 1.02. The van der Waals surface area contributed by atoms with E-state index in [-0.39, 0.29) is 6.09 Å². The van der Waals surface area contributed by atoms with Crippen LogP contribution in [0.5, 0.6) is 0 Å². The molecule has 0 radical (unpaired) electrons. The summed E-state index contributed by atoms with van der Waals surface area (Å²) >= 11 is 0. The van der Waals surface area contributed by atoms with Crippen molar-refractivity contribution >= 4 is 22.7 Å². The molecule has 5 heteroatoms. The monoisotopic (exact) mass is 288 g/mol. The van der Waals surface area contributed by atoms with Gasteiger partial charge in [-0.2, -0.15) is 0 Å². The van der Waals surface area contributed by atoms with Gasteiger partial charge < -0.3 is 19.8 Å². The molecule has 112 valence electrons. The van der Waals surface area contributed by atoms with Gasteiger partial charge in [-0.1, -0.05) is 0 Å². The molecule has 0 bridgehead atoms. The van der Waals surface area contributed by atoms with Crippen molar-refractivity contribution in [1.82, 2.24) is 4.90 Å². The van der Waals surface area contributed by atoms with E-state index >= 15 is 0 Å². The predicted molar refractivity (Wildman–Crippen MR) is 81.0 cm³/mol. The molecular weight excluding hydrogens is 268 g/mol. The van der Waals surface area contributed by atoms with Crippen molar-refractivity contribution in [2.45, 2.75) is 39.3 Å². The molecule has 2 aromatic rings. The van der Waals surface area contributed by atoms with Crippen molar-refractivity contribution in [2.24, 2.45) is 0 Å². The number of ether oxygens (including phenoxy) is 1. The zero-order valence-corrected chi connectivity index (χ0v) is 12.6. The van der Waals surface area contributed by atoms with Crippen LogP contribution in [0.3, 0.4) is 0 Å². The Bertz CT molecular complexity index is 697. The maximum atomic E-state index is 12.2. The third-order valence-corrected chi connectivity index (χ3v) is 3.51. The van der Waals surface area contributed by atoms with Crippen LogP contribution in [0.1, 0.15) is 32.1 Å². The molecular formula is C16H20N2O3. The predicted octanol–water partition coefficient (Wildman–Crippen LogP) is 3.31. The number of nitrogens with zero attached hydrogens (tertiary/aromatic N) is 1. The first-order valence-electron chi connectivity index (χ1n) is 7.11. The summed E-state index contributed by atoms with van der Waals surface area (Å²) in [6.07, 6.45) is 0.418. The summed E-state index contributed by atoms with van der Waals surface area (Å²) in [6.45, 7) is 6.74. The third kappa shape index (κ3) is 2.68. The lowest BCUT2D eigenvalue weighted by Gasteiger charge is -2.29. The molecule has 21 heavy (non-hydrogen) atoms. The van der Waals surface area contributed by atoms with Gasteiger partial charge in [-0.25, -0.2) is 4.79 Å². The average Bonchev–Trinajstić information content (AvgIpc) is 2.72. The van der Waals surface area contributed by atoms with E-state index in [1.54, 1.807) is 4.90 Å². The molecule has 0 saturated heterocycles. The molecule has 1 aliphatic rings. The van der Waals surface area contributed by atoms with E-state index in [9.17, 15) is 4.79 Å². The number of rotatable bonds is 0. The van der Waals surface area contributed by atoms with E-state index < -0.39 is 5.60 Å². The minimum atomic E-state index is -0.482. The Morgan fingerprint density at radius 2 is 2.14 bits per heavy atom. The zero-order chi connectivity index (χ0) is 15.2. The quantitative estimate of drug-likeness (QED) is 0.755. The average molecular weight is 288 g/mol. The number of nitrogen functional groups attached to an aromatic ring is 1. The fourth-order valence-electron chi connectivity index (χ4n) is 2.58. The SMILES string of the molecule is CC(C)(C)OC(=O)N1CCc2oc3cc(N)ccc3c2C1. The number of carbonyl (C=O) groups excluding carboxylic acids is 1. The van der Waals surface area contributed by atoms with Gasteiger partial charge in [-0.3, -0.25) is 0 Å². The third-order valence-electron chi connectivity index (χ3n) is 3.51. The standard InChI is InChI=1S/C16H20N2O3/c1-16(2,3)21-15(19)18-7-6-13-12(9-18)11-5-4-10(17)8-14(11)20-13/h4-5,8H,6-7,9,17H2,1-3H3. The van der Waals surface area contributed by atoms with E-state index in [0.29, 0.717) is 25.2 Å². The van der Waals surface area contributed by atoms with Gasteiger partial charge in [0.1, 0.15) is 16.9 Å². The van der Waals surface area contributed by atoms with Crippen LogP contribution in [-0.4, -0.2) is 23.1 Å². The van der Waals surface area contributed by atoms with Crippen LogP contribution in [0.15, 0.2) is 22.6 Å². The number of anilines is 1. The summed E-state index contributed by atoms with van der Waals surface area (Å²) in [5.74, 6) is 0.940. The van der Waals surface area contributed by atoms with Crippen molar-refractivity contribution in [3.63, 3.8) is 0 Å². The maximum absolute atomic E-state index is 12.2. The van der Waals surface area contributed by atoms with Gasteiger partial charge in [0.2, 0.25) is 0 Å². The first-order chi connectivity index (χ1) is 9.83. The second-order valence-electron chi connectivity index (χ2n) is 6.41. The molecule has 1 aromatic carbocycles. The van der Waals surface area contributed by atoms with E-state index in [1.807, 2.05) is 39.0 Å². The van der Waals surface area contributed by atoms with Crippen molar-refractivity contribution in [3.8, 4) is 0 Å². The second kappa shape index (κ2) is 4.69. The van der Waals surface area contributed by atoms with Crippen molar-refractivity contribution in [2.75, 3.05) is 12.3 Å². The van der Waals surface area contributed by atoms with E-state index in [2.05, 4.69) is 0 Å². The minimum Gasteiger partial charge on any atom is -0.461 e. The van der Waals surface area contributed by atoms with Crippen LogP contribution >= 0.6 is 0 Å². The normalized spacial score (nSPS) is 15.1. The smallest absolute Gasteiger partial charge is 0.410 e. The molecule has 1 aliphatic heterocycles. The van der Waals surface area contributed by atoms with Gasteiger partial charge >= 0.3 is 6.09 Å². The molecule has 0 aliphatic carbocycles. The largest absolute Gasteiger partial charge is 0.461 e. The summed E-state index contributed by atoms with van der Waals surface area (Å²) in [5.41, 5.74) is 7.82. The molecule has 1 amide bonds. The van der Waals surface area contributed by atoms with Gasteiger partial charge in [-0.15, -0.1) is 0 Å². The highest BCUT2D eigenvalue weighted by atomic mass is 16.6. The lowest BCUT2D eigenvalue weighted by atomic mass is 10.0. The van der Waals surface area contributed by atoms with Gasteiger partial charge in [0.05, 0.1) is 6.54 Å². The van der Waals surface area contributed by atoms with Crippen molar-refractivity contribution in [1.29, 1.82) is 0 Å². The van der Waals surface area contributed by atoms with Crippen molar-refractivity contribution in [3.05, 3.63) is 29.5 Å². The lowest BCUT2D eigenvalue weighted by molar-refractivity contribution is 0.0220. The second-order valence-corrected chi connectivity index (χ2v) is 6.41. The molecule has 0 fully saturated rings. The zero-order valence-electron chi connectivity index (χ0n) is 12.6. The topological polar surface area (TPSA) is 68.7 Å². The van der Waals surface area contributed by atoms with Crippen LogP contribution < -0.4 is 5.73 Å². The fourth-order valence-corrected chi connectivity index (χ4v) is 2.58. The Morgan fingerprint density at radius 1 is 1.38 bits per heavy atom. The first-order valence-corrected chi connectivity index (χ1v) is 7.11. The van der Waals surface area contributed by atoms with Gasteiger partial charge in [0, 0.05) is 35.7 Å². The number of furan rings is 1. The molecule has 0 unspecified atom stereocenters. The summed E-state index contributed by atoms with van der Waals surface area (Å²) in [6, 6.07) is 5.63. The Balaban J connectivity index is 1.88. The van der Waals surface area contributed by atoms with Gasteiger partial charge in [0.15, 0.2) is 0 Å². The number of hydrogen-bond donors (Lipinski definition) is 1. The molecule has 3 rings (SSSR count). The Labute approximate surface area is 123 Å². The first kappa shape index (κ1) is 13.8. The number of nitrogens with two attached hydrogens (primary N) is 1. The molecule has 1 aromatic heterocycles. The van der Waals surface area contributed by atoms with Gasteiger partial charge in [-0.05, 0) is 32.9 Å². The Morgan fingerprint density at radius 3 is 2.86 bits per heavy atom. The van der Waals surface area contributed by atoms with Crippen LogP contribution in [0.4, 0.5) is 10.5 Å². The molecule has 0 atom stereocenters. The Kier molecular flexibility index (Phi) is 3.08. The highest BCUT2D eigenvalue weighted by Crippen LogP contribution is 2.32. The van der Waals surface area contributed by atoms with Gasteiger partial charge in [0.25, 0.3) is 0 Å². The number of hydrogen-bond acceptors (Lipinski definition) is 4. The summed E-state index contributed by atoms with van der Waals surface area (Å²) < 4.78 is 11.3. The van der Waals surface area contributed by atoms with Crippen molar-refractivity contribution < 1.29 is 13.9 Å². The maximum Gasteiger partial charge on any atom is 0.410 e. The molecule has 5 nitrogen and oxygen atoms in total. The minimum absolute atomic E-state index is 0.280. The highest BCUT2D eigenvalue weighted by molar-refractivity contribution is 5.85. The van der Waals surface area contributed by atoms with Crippen LogP contribution in [0.2, 0.25) is 0 Å². The number of carbonyl (C=O) groups is 1. The number of fused-ring (bicyclic) bond motifs is 3. The van der Waals surface area contributed by atoms with E-state index in [1.165, 1.54) is 0 Å². The fraction of sp³-hybridized carbons (Fsp3) is 0.438. The highest BCUT2D eigenvalue weighted by Gasteiger charge is 2.28. The van der Waals surface area contributed by atoms with E-state index in [4.69, 9.17) is 14.9 Å². The van der Waals surface area contributed by atoms with Crippen LogP contribution in [0, 0.1) is 0 Å². The summed E-state index contributed by atoms with van der Waals surface area (Å²) in [7, 11) is 0. The number of amides is 1. The molecule has 0 saturated carbocycles. The molecule has 2 heterocycles. The van der Waals surface area contributed by atoms with Crippen LogP contribution in [0.25, 0.3) is 11.0 Å². The number of benzene rings is 1. The summed E-state index contributed by atoms with van der Waals surface area (Å²) in [4.78, 5) is 13.9. The Hall–Kier alpha value is -2.17. The lowest BCUT2D eigenvalue weighted by Crippen LogP contribution is -2.39. The van der Waals surface area contributed by atoms with E-state index in [0.717, 1.165) is 22.3 Å². The molecule has 0 spiro atoms. The van der Waals surface area contributed by atoms with Crippen LogP contribution in [-0.2, 0) is 17.7 Å².